The van der Waals surface area contributed by atoms with Crippen molar-refractivity contribution in [3.63, 3.8) is 0 Å². The summed E-state index contributed by atoms with van der Waals surface area (Å²) in [4.78, 5) is 10.8. The number of carbonyl (C=O) groups is 1. The van der Waals surface area contributed by atoms with E-state index < -0.39 is 0 Å². The van der Waals surface area contributed by atoms with Gasteiger partial charge in [-0.15, -0.1) is 0 Å². The number of aromatic nitrogens is 2. The number of hydrogen-bond acceptors (Lipinski definition) is 3. The molecule has 1 N–H and O–H groups in total. The zero-order valence-corrected chi connectivity index (χ0v) is 6.09. The van der Waals surface area contributed by atoms with Crippen LogP contribution < -0.4 is 5.32 Å². The van der Waals surface area contributed by atoms with Gasteiger partial charge in [-0.25, -0.2) is 0 Å². The Morgan fingerprint density at radius 2 is 2.36 bits per heavy atom. The Morgan fingerprint density at radius 1 is 1.55 bits per heavy atom. The van der Waals surface area contributed by atoms with E-state index in [9.17, 15) is 4.79 Å². The number of anilines is 1. The van der Waals surface area contributed by atoms with Gasteiger partial charge in [0.1, 0.15) is 0 Å². The molecule has 1 aliphatic heterocycles. The molecule has 0 spiro atoms. The fourth-order valence-electron chi connectivity index (χ4n) is 1.10. The number of fused-ring (bicyclic) bond motifs is 1. The van der Waals surface area contributed by atoms with Crippen molar-refractivity contribution in [1.82, 2.24) is 10.2 Å². The fraction of sp³-hybridized carbons (Fsp3) is 0.286. The number of aryl methyl sites for hydroxylation is 1. The van der Waals surface area contributed by atoms with Crippen LogP contribution in [0.25, 0.3) is 0 Å². The molecule has 1 aromatic heterocycles. The first-order valence-corrected chi connectivity index (χ1v) is 3.39. The zero-order chi connectivity index (χ0) is 7.84. The number of nitrogens with one attached hydrogen (secondary N) is 1. The van der Waals surface area contributed by atoms with Crippen molar-refractivity contribution in [2.24, 2.45) is 0 Å². The Kier molecular flexibility index (Phi) is 1.15. The van der Waals surface area contributed by atoms with E-state index in [0.717, 1.165) is 17.1 Å². The summed E-state index contributed by atoms with van der Waals surface area (Å²) in [6, 6.07) is 1.83. The summed E-state index contributed by atoms with van der Waals surface area (Å²) in [5.41, 5.74) is 2.38. The summed E-state index contributed by atoms with van der Waals surface area (Å²) in [6.07, 6.45) is 0.364. The third-order valence-corrected chi connectivity index (χ3v) is 1.59. The van der Waals surface area contributed by atoms with E-state index in [1.165, 1.54) is 0 Å². The van der Waals surface area contributed by atoms with E-state index in [4.69, 9.17) is 0 Å². The predicted octanol–water partition coefficient (Wildman–Crippen LogP) is 0.280. The van der Waals surface area contributed by atoms with Crippen LogP contribution in [0, 0.1) is 6.92 Å². The van der Waals surface area contributed by atoms with Gasteiger partial charge in [-0.2, -0.15) is 10.2 Å². The van der Waals surface area contributed by atoms with Crippen molar-refractivity contribution in [2.75, 3.05) is 5.32 Å². The average Bonchev–Trinajstić information content (AvgIpc) is 2.27. The molecule has 0 atom stereocenters. The molecule has 1 aliphatic rings. The average molecular weight is 149 g/mol. The minimum Gasteiger partial charge on any atom is -0.324 e. The van der Waals surface area contributed by atoms with Crippen molar-refractivity contribution in [3.8, 4) is 0 Å². The van der Waals surface area contributed by atoms with Gasteiger partial charge in [-0.05, 0) is 13.0 Å². The molecular weight excluding hydrogens is 142 g/mol. The standard InChI is InChI=1S/C7H7N3O/c1-4-2-5-6(10-9-4)3-7(11)8-5/h2H,3H2,1H3,(H,8,11). The highest BCUT2D eigenvalue weighted by Gasteiger charge is 2.18. The van der Waals surface area contributed by atoms with Crippen LogP contribution in [0.5, 0.6) is 0 Å². The van der Waals surface area contributed by atoms with E-state index in [2.05, 4.69) is 15.5 Å². The van der Waals surface area contributed by atoms with Gasteiger partial charge in [0, 0.05) is 0 Å². The molecule has 56 valence electrons. The second kappa shape index (κ2) is 2.02. The van der Waals surface area contributed by atoms with Crippen LogP contribution >= 0.6 is 0 Å². The quantitative estimate of drug-likeness (QED) is 0.576. The Balaban J connectivity index is 2.51. The molecule has 0 aliphatic carbocycles. The molecule has 2 rings (SSSR count). The molecule has 11 heavy (non-hydrogen) atoms. The van der Waals surface area contributed by atoms with Gasteiger partial charge in [0.2, 0.25) is 5.91 Å². The first kappa shape index (κ1) is 6.27. The van der Waals surface area contributed by atoms with Gasteiger partial charge >= 0.3 is 0 Å². The van der Waals surface area contributed by atoms with Crippen molar-refractivity contribution < 1.29 is 4.79 Å². The third-order valence-electron chi connectivity index (χ3n) is 1.59. The minimum absolute atomic E-state index is 0.0000926. The number of amides is 1. The van der Waals surface area contributed by atoms with Crippen LogP contribution in [0.4, 0.5) is 5.69 Å². The van der Waals surface area contributed by atoms with Crippen LogP contribution in [0.1, 0.15) is 11.4 Å². The van der Waals surface area contributed by atoms with Crippen molar-refractivity contribution in [2.45, 2.75) is 13.3 Å². The van der Waals surface area contributed by atoms with Crippen molar-refractivity contribution in [1.29, 1.82) is 0 Å². The van der Waals surface area contributed by atoms with Crippen LogP contribution in [-0.4, -0.2) is 16.1 Å². The van der Waals surface area contributed by atoms with Crippen LogP contribution in [0.15, 0.2) is 6.07 Å². The number of hydrogen-bond donors (Lipinski definition) is 1. The smallest absolute Gasteiger partial charge is 0.230 e. The lowest BCUT2D eigenvalue weighted by atomic mass is 10.3. The lowest BCUT2D eigenvalue weighted by Crippen LogP contribution is -2.03. The minimum atomic E-state index is -0.0000926. The van der Waals surface area contributed by atoms with Crippen LogP contribution in [0.2, 0.25) is 0 Å². The zero-order valence-electron chi connectivity index (χ0n) is 6.09. The van der Waals surface area contributed by atoms with Crippen molar-refractivity contribution in [3.05, 3.63) is 17.5 Å². The molecule has 0 radical (unpaired) electrons. The SMILES string of the molecule is Cc1cc2c(nn1)CC(=O)N2. The van der Waals surface area contributed by atoms with Gasteiger partial charge in [0.15, 0.2) is 0 Å². The molecule has 0 saturated heterocycles. The number of nitrogens with zero attached hydrogens (tertiary/aromatic N) is 2. The molecule has 0 aromatic carbocycles. The first-order chi connectivity index (χ1) is 5.25. The van der Waals surface area contributed by atoms with Gasteiger partial charge in [-0.1, -0.05) is 0 Å². The van der Waals surface area contributed by atoms with Crippen molar-refractivity contribution >= 4 is 11.6 Å². The van der Waals surface area contributed by atoms with E-state index in [-0.39, 0.29) is 5.91 Å². The lowest BCUT2D eigenvalue weighted by Gasteiger charge is -1.95. The monoisotopic (exact) mass is 149 g/mol. The molecule has 1 aromatic rings. The fourth-order valence-corrected chi connectivity index (χ4v) is 1.10. The maximum absolute atomic E-state index is 10.8. The summed E-state index contributed by atoms with van der Waals surface area (Å²) in [6.45, 7) is 1.84. The third kappa shape index (κ3) is 0.960. The highest BCUT2D eigenvalue weighted by atomic mass is 16.1. The molecule has 4 heteroatoms. The number of rotatable bonds is 0. The summed E-state index contributed by atoms with van der Waals surface area (Å²) >= 11 is 0. The van der Waals surface area contributed by atoms with Crippen LogP contribution in [0.3, 0.4) is 0 Å². The second-order valence-corrected chi connectivity index (χ2v) is 2.57. The Bertz CT molecular complexity index is 321. The molecule has 0 bridgehead atoms. The normalized spacial score (nSPS) is 14.5. The molecular formula is C7H7N3O. The molecule has 1 amide bonds. The maximum atomic E-state index is 10.8. The van der Waals surface area contributed by atoms with E-state index in [1.807, 2.05) is 13.0 Å². The Morgan fingerprint density at radius 3 is 3.18 bits per heavy atom. The highest BCUT2D eigenvalue weighted by molar-refractivity contribution is 5.98. The molecule has 0 fully saturated rings. The van der Waals surface area contributed by atoms with Crippen LogP contribution in [-0.2, 0) is 11.2 Å². The summed E-state index contributed by atoms with van der Waals surface area (Å²) in [5, 5.41) is 10.4. The summed E-state index contributed by atoms with van der Waals surface area (Å²) in [5.74, 6) is -0.0000926. The lowest BCUT2D eigenvalue weighted by molar-refractivity contribution is -0.115. The Labute approximate surface area is 63.6 Å². The highest BCUT2D eigenvalue weighted by Crippen LogP contribution is 2.19. The number of carbonyl (C=O) groups excluding carboxylic acids is 1. The van der Waals surface area contributed by atoms with Gasteiger partial charge < -0.3 is 5.32 Å². The Hall–Kier alpha value is -1.45. The maximum Gasteiger partial charge on any atom is 0.230 e. The molecule has 0 saturated carbocycles. The summed E-state index contributed by atoms with van der Waals surface area (Å²) in [7, 11) is 0. The van der Waals surface area contributed by atoms with E-state index in [0.29, 0.717) is 6.42 Å². The van der Waals surface area contributed by atoms with E-state index in [1.54, 1.807) is 0 Å². The molecule has 2 heterocycles. The predicted molar refractivity (Wildman–Crippen MR) is 39.1 cm³/mol. The first-order valence-electron chi connectivity index (χ1n) is 3.39. The van der Waals surface area contributed by atoms with Gasteiger partial charge in [0.25, 0.3) is 0 Å². The largest absolute Gasteiger partial charge is 0.324 e. The molecule has 0 unspecified atom stereocenters. The van der Waals surface area contributed by atoms with Gasteiger partial charge in [-0.3, -0.25) is 4.79 Å². The molecule has 4 nitrogen and oxygen atoms in total. The van der Waals surface area contributed by atoms with E-state index >= 15 is 0 Å². The topological polar surface area (TPSA) is 54.9 Å². The van der Waals surface area contributed by atoms with Gasteiger partial charge in [0.05, 0.1) is 23.5 Å². The second-order valence-electron chi connectivity index (χ2n) is 2.57. The summed E-state index contributed by atoms with van der Waals surface area (Å²) < 4.78 is 0.